The van der Waals surface area contributed by atoms with E-state index in [1.54, 1.807) is 30.3 Å². The van der Waals surface area contributed by atoms with Gasteiger partial charge in [0, 0.05) is 18.3 Å². The van der Waals surface area contributed by atoms with Gasteiger partial charge in [-0.3, -0.25) is 5.10 Å². The molecule has 0 bridgehead atoms. The van der Waals surface area contributed by atoms with E-state index in [2.05, 4.69) is 41.0 Å². The number of H-pyrrole nitrogens is 1. The van der Waals surface area contributed by atoms with Gasteiger partial charge >= 0.3 is 6.18 Å². The van der Waals surface area contributed by atoms with E-state index in [9.17, 15) is 13.2 Å². The first kappa shape index (κ1) is 18.2. The molecule has 0 atom stereocenters. The van der Waals surface area contributed by atoms with Crippen LogP contribution in [0.3, 0.4) is 0 Å². The largest absolute Gasteiger partial charge is 0.421 e. The molecule has 0 amide bonds. The Bertz CT molecular complexity index is 929. The number of rotatable bonds is 6. The van der Waals surface area contributed by atoms with Crippen molar-refractivity contribution in [3.8, 4) is 0 Å². The lowest BCUT2D eigenvalue weighted by atomic mass is 9.77. The Hall–Kier alpha value is -3.18. The highest BCUT2D eigenvalue weighted by Gasteiger charge is 2.36. The van der Waals surface area contributed by atoms with Gasteiger partial charge in [0.15, 0.2) is 0 Å². The molecule has 1 aliphatic carbocycles. The summed E-state index contributed by atoms with van der Waals surface area (Å²) in [5.74, 6) is 0.597. The molecule has 0 aliphatic heterocycles. The molecule has 0 unspecified atom stereocenters. The molecule has 12 heteroatoms. The summed E-state index contributed by atoms with van der Waals surface area (Å²) in [5, 5.41) is 20.7. The summed E-state index contributed by atoms with van der Waals surface area (Å²) in [6.07, 6.45) is 2.92. The molecule has 9 nitrogen and oxygen atoms in total. The van der Waals surface area contributed by atoms with Crippen LogP contribution < -0.4 is 10.6 Å². The highest BCUT2D eigenvalue weighted by molar-refractivity contribution is 5.57. The predicted molar refractivity (Wildman–Crippen MR) is 94.1 cm³/mol. The molecule has 0 radical (unpaired) electrons. The minimum atomic E-state index is -4.53. The van der Waals surface area contributed by atoms with Crippen molar-refractivity contribution in [2.75, 3.05) is 17.2 Å². The summed E-state index contributed by atoms with van der Waals surface area (Å²) in [6, 6.07) is 0.227. The van der Waals surface area contributed by atoms with Crippen LogP contribution in [-0.2, 0) is 6.18 Å². The summed E-state index contributed by atoms with van der Waals surface area (Å²) >= 11 is 0. The SMILES string of the molecule is CCNc1nc(Nc2[nH]ncc2[C@H]2C[C@H](n3nccn3)C2)ncc1C(F)(F)F. The smallest absolute Gasteiger partial charge is 0.370 e. The highest BCUT2D eigenvalue weighted by atomic mass is 19.4. The fraction of sp³-hybridized carbons (Fsp3) is 0.438. The Morgan fingerprint density at radius 1 is 1.21 bits per heavy atom. The third-order valence-corrected chi connectivity index (χ3v) is 4.66. The van der Waals surface area contributed by atoms with Gasteiger partial charge < -0.3 is 10.6 Å². The quantitative estimate of drug-likeness (QED) is 0.590. The maximum atomic E-state index is 13.1. The van der Waals surface area contributed by atoms with Gasteiger partial charge in [0.2, 0.25) is 5.95 Å². The normalized spacial score (nSPS) is 19.3. The Morgan fingerprint density at radius 3 is 2.64 bits per heavy atom. The van der Waals surface area contributed by atoms with Gasteiger partial charge in [-0.15, -0.1) is 0 Å². The minimum absolute atomic E-state index is 0.0547. The van der Waals surface area contributed by atoms with Gasteiger partial charge in [-0.25, -0.2) is 4.98 Å². The summed E-state index contributed by atoms with van der Waals surface area (Å²) in [6.45, 7) is 2.00. The standard InChI is InChI=1S/C16H18F3N9/c1-2-20-14-12(16(17,18)19)8-21-15(26-14)25-13-11(7-22-27-13)9-5-10(6-9)28-23-3-4-24-28/h3-4,7-10H,2,5-6H2,1H3,(H3,20,21,22,25,26,27)/t9-,10-. The van der Waals surface area contributed by atoms with Gasteiger partial charge in [0.1, 0.15) is 17.2 Å². The Labute approximate surface area is 157 Å². The van der Waals surface area contributed by atoms with Gasteiger partial charge in [-0.05, 0) is 25.7 Å². The number of anilines is 3. The first-order valence-electron chi connectivity index (χ1n) is 8.80. The first-order chi connectivity index (χ1) is 13.5. The number of alkyl halides is 3. The van der Waals surface area contributed by atoms with E-state index in [0.29, 0.717) is 12.4 Å². The lowest BCUT2D eigenvalue weighted by Gasteiger charge is -2.34. The number of nitrogens with zero attached hydrogens (tertiary/aromatic N) is 6. The van der Waals surface area contributed by atoms with Crippen LogP contribution in [0.25, 0.3) is 0 Å². The minimum Gasteiger partial charge on any atom is -0.370 e. The molecule has 3 aromatic heterocycles. The molecule has 3 aromatic rings. The van der Waals surface area contributed by atoms with Gasteiger partial charge in [-0.1, -0.05) is 0 Å². The number of nitrogens with one attached hydrogen (secondary N) is 3. The fourth-order valence-electron chi connectivity index (χ4n) is 3.21. The lowest BCUT2D eigenvalue weighted by Crippen LogP contribution is -2.27. The Kier molecular flexibility index (Phi) is 4.61. The van der Waals surface area contributed by atoms with E-state index >= 15 is 0 Å². The van der Waals surface area contributed by atoms with Crippen LogP contribution in [0, 0.1) is 0 Å². The molecule has 3 heterocycles. The lowest BCUT2D eigenvalue weighted by molar-refractivity contribution is -0.137. The molecule has 0 saturated heterocycles. The van der Waals surface area contributed by atoms with Crippen LogP contribution in [0.15, 0.2) is 24.8 Å². The van der Waals surface area contributed by atoms with Crippen molar-refractivity contribution in [1.82, 2.24) is 35.2 Å². The highest BCUT2D eigenvalue weighted by Crippen LogP contribution is 2.46. The summed E-state index contributed by atoms with van der Waals surface area (Å²) in [5.41, 5.74) is 0.0233. The average molecular weight is 393 g/mol. The molecule has 4 rings (SSSR count). The summed E-state index contributed by atoms with van der Waals surface area (Å²) in [4.78, 5) is 9.47. The van der Waals surface area contributed by atoms with E-state index < -0.39 is 11.7 Å². The molecule has 3 N–H and O–H groups in total. The second-order valence-electron chi connectivity index (χ2n) is 6.48. The maximum absolute atomic E-state index is 13.1. The van der Waals surface area contributed by atoms with Crippen LogP contribution in [0.4, 0.5) is 30.8 Å². The van der Waals surface area contributed by atoms with Gasteiger partial charge in [0.25, 0.3) is 0 Å². The summed E-state index contributed by atoms with van der Waals surface area (Å²) in [7, 11) is 0. The van der Waals surface area contributed by atoms with Crippen LogP contribution >= 0.6 is 0 Å². The van der Waals surface area contributed by atoms with Crippen LogP contribution in [-0.4, -0.2) is 41.7 Å². The van der Waals surface area contributed by atoms with E-state index in [4.69, 9.17) is 0 Å². The van der Waals surface area contributed by atoms with Crippen molar-refractivity contribution in [3.63, 3.8) is 0 Å². The van der Waals surface area contributed by atoms with Crippen LogP contribution in [0.5, 0.6) is 0 Å². The Morgan fingerprint density at radius 2 is 1.96 bits per heavy atom. The average Bonchev–Trinajstić information content (AvgIpc) is 3.26. The number of halogens is 3. The van der Waals surface area contributed by atoms with Gasteiger partial charge in [0.05, 0.1) is 24.6 Å². The van der Waals surface area contributed by atoms with Crippen molar-refractivity contribution in [2.24, 2.45) is 0 Å². The molecule has 148 valence electrons. The zero-order valence-electron chi connectivity index (χ0n) is 14.9. The van der Waals surface area contributed by atoms with Crippen molar-refractivity contribution >= 4 is 17.6 Å². The Balaban J connectivity index is 1.50. The maximum Gasteiger partial charge on any atom is 0.421 e. The number of aromatic nitrogens is 7. The van der Waals surface area contributed by atoms with Crippen molar-refractivity contribution in [2.45, 2.75) is 37.9 Å². The molecule has 0 aromatic carbocycles. The van der Waals surface area contributed by atoms with E-state index in [0.717, 1.165) is 24.6 Å². The van der Waals surface area contributed by atoms with Crippen LogP contribution in [0.2, 0.25) is 0 Å². The fourth-order valence-corrected chi connectivity index (χ4v) is 3.21. The molecule has 1 saturated carbocycles. The second-order valence-corrected chi connectivity index (χ2v) is 6.48. The molecule has 28 heavy (non-hydrogen) atoms. The van der Waals surface area contributed by atoms with E-state index in [1.807, 2.05) is 0 Å². The zero-order chi connectivity index (χ0) is 19.7. The van der Waals surface area contributed by atoms with Crippen molar-refractivity contribution in [3.05, 3.63) is 35.9 Å². The molecular weight excluding hydrogens is 375 g/mol. The van der Waals surface area contributed by atoms with Gasteiger partial charge in [-0.2, -0.15) is 38.2 Å². The topological polar surface area (TPSA) is 109 Å². The number of aromatic amines is 1. The second kappa shape index (κ2) is 7.09. The van der Waals surface area contributed by atoms with Crippen LogP contribution in [0.1, 0.15) is 42.9 Å². The number of hydrogen-bond donors (Lipinski definition) is 3. The van der Waals surface area contributed by atoms with E-state index in [1.165, 1.54) is 0 Å². The summed E-state index contributed by atoms with van der Waals surface area (Å²) < 4.78 is 39.3. The van der Waals surface area contributed by atoms with E-state index in [-0.39, 0.29) is 23.7 Å². The van der Waals surface area contributed by atoms with Crippen molar-refractivity contribution < 1.29 is 13.2 Å². The monoisotopic (exact) mass is 393 g/mol. The molecule has 1 aliphatic rings. The third kappa shape index (κ3) is 3.49. The first-order valence-corrected chi connectivity index (χ1v) is 8.80. The molecule has 0 spiro atoms. The predicted octanol–water partition coefficient (Wildman–Crippen LogP) is 3.10. The molecule has 1 fully saturated rings. The zero-order valence-corrected chi connectivity index (χ0v) is 14.9. The number of hydrogen-bond acceptors (Lipinski definition) is 7. The molecular formula is C16H18F3N9. The van der Waals surface area contributed by atoms with Crippen molar-refractivity contribution in [1.29, 1.82) is 0 Å². The third-order valence-electron chi connectivity index (χ3n) is 4.66.